The van der Waals surface area contributed by atoms with Crippen LogP contribution in [0.5, 0.6) is 5.75 Å². The average Bonchev–Trinajstić information content (AvgIpc) is 3.63. The van der Waals surface area contributed by atoms with Crippen molar-refractivity contribution >= 4 is 16.9 Å². The minimum atomic E-state index is -0.267. The van der Waals surface area contributed by atoms with Crippen LogP contribution < -0.4 is 10.1 Å². The van der Waals surface area contributed by atoms with Crippen LogP contribution in [0.15, 0.2) is 67.0 Å². The first-order chi connectivity index (χ1) is 18.2. The number of nitrogens with zero attached hydrogens (tertiary/aromatic N) is 5. The zero-order valence-electron chi connectivity index (χ0n) is 21.0. The summed E-state index contributed by atoms with van der Waals surface area (Å²) < 4.78 is 24.0. The number of aromatic nitrogens is 5. The molecule has 0 radical (unpaired) electrons. The van der Waals surface area contributed by atoms with Crippen LogP contribution in [0.2, 0.25) is 0 Å². The molecular formula is C29H29FN6O. The van der Waals surface area contributed by atoms with Crippen molar-refractivity contribution in [3.63, 3.8) is 0 Å². The first-order valence-electron chi connectivity index (χ1n) is 12.7. The van der Waals surface area contributed by atoms with Gasteiger partial charge < -0.3 is 19.2 Å². The Morgan fingerprint density at radius 2 is 1.95 bits per heavy atom. The minimum absolute atomic E-state index is 0.175. The molecule has 188 valence electrons. The number of methoxy groups -OCH3 is 1. The third kappa shape index (κ3) is 4.22. The van der Waals surface area contributed by atoms with E-state index in [1.54, 1.807) is 25.4 Å². The number of anilines is 1. The van der Waals surface area contributed by atoms with E-state index in [0.717, 1.165) is 77.5 Å². The molecular weight excluding hydrogens is 467 g/mol. The lowest BCUT2D eigenvalue weighted by molar-refractivity contribution is 0.412. The lowest BCUT2D eigenvalue weighted by atomic mass is 10.1. The van der Waals surface area contributed by atoms with Crippen molar-refractivity contribution in [1.82, 2.24) is 24.1 Å². The second-order valence-electron chi connectivity index (χ2n) is 9.35. The third-order valence-corrected chi connectivity index (χ3v) is 6.98. The monoisotopic (exact) mass is 496 g/mol. The maximum absolute atomic E-state index is 13.8. The van der Waals surface area contributed by atoms with Crippen molar-refractivity contribution in [1.29, 1.82) is 0 Å². The Morgan fingerprint density at radius 3 is 2.76 bits per heavy atom. The molecule has 0 bridgehead atoms. The summed E-state index contributed by atoms with van der Waals surface area (Å²) in [4.78, 5) is 14.3. The Balaban J connectivity index is 1.47. The number of nitrogens with one attached hydrogen (secondary N) is 1. The van der Waals surface area contributed by atoms with Crippen LogP contribution in [0.25, 0.3) is 33.5 Å². The van der Waals surface area contributed by atoms with Crippen LogP contribution in [0.3, 0.4) is 0 Å². The highest BCUT2D eigenvalue weighted by atomic mass is 19.1. The number of rotatable bonds is 8. The summed E-state index contributed by atoms with van der Waals surface area (Å²) in [5.74, 6) is 2.21. The van der Waals surface area contributed by atoms with Crippen LogP contribution in [-0.4, -0.2) is 37.7 Å². The summed E-state index contributed by atoms with van der Waals surface area (Å²) in [6.07, 6.45) is 6.72. The summed E-state index contributed by atoms with van der Waals surface area (Å²) in [7, 11) is 1.71. The molecule has 0 spiro atoms. The second-order valence-corrected chi connectivity index (χ2v) is 9.35. The van der Waals surface area contributed by atoms with Crippen molar-refractivity contribution < 1.29 is 9.13 Å². The van der Waals surface area contributed by atoms with Gasteiger partial charge in [0.15, 0.2) is 0 Å². The van der Waals surface area contributed by atoms with Gasteiger partial charge in [0.05, 0.1) is 35.8 Å². The van der Waals surface area contributed by atoms with Gasteiger partial charge in [0.1, 0.15) is 17.4 Å². The van der Waals surface area contributed by atoms with Crippen LogP contribution in [-0.2, 0) is 13.0 Å². The van der Waals surface area contributed by atoms with E-state index in [0.29, 0.717) is 5.95 Å². The fraction of sp³-hybridized carbons (Fsp3) is 0.276. The zero-order valence-corrected chi connectivity index (χ0v) is 21.0. The van der Waals surface area contributed by atoms with Crippen molar-refractivity contribution in [3.05, 3.63) is 78.6 Å². The van der Waals surface area contributed by atoms with Gasteiger partial charge in [0.25, 0.3) is 0 Å². The highest BCUT2D eigenvalue weighted by molar-refractivity contribution is 5.86. The fourth-order valence-corrected chi connectivity index (χ4v) is 5.28. The molecule has 2 aromatic carbocycles. The van der Waals surface area contributed by atoms with Crippen LogP contribution >= 0.6 is 0 Å². The molecule has 0 amide bonds. The van der Waals surface area contributed by atoms with Gasteiger partial charge in [-0.05, 0) is 55.3 Å². The largest absolute Gasteiger partial charge is 0.495 e. The van der Waals surface area contributed by atoms with E-state index in [9.17, 15) is 4.39 Å². The summed E-state index contributed by atoms with van der Waals surface area (Å²) in [6.45, 7) is 3.68. The predicted octanol–water partition coefficient (Wildman–Crippen LogP) is 6.12. The van der Waals surface area contributed by atoms with Gasteiger partial charge in [-0.2, -0.15) is 0 Å². The van der Waals surface area contributed by atoms with Gasteiger partial charge in [0.2, 0.25) is 5.95 Å². The van der Waals surface area contributed by atoms with E-state index in [1.165, 1.54) is 12.1 Å². The Bertz CT molecular complexity index is 1550. The summed E-state index contributed by atoms with van der Waals surface area (Å²) in [5.41, 5.74) is 4.51. The molecule has 1 N–H and O–H groups in total. The molecule has 1 aliphatic heterocycles. The summed E-state index contributed by atoms with van der Waals surface area (Å²) >= 11 is 0. The van der Waals surface area contributed by atoms with Crippen molar-refractivity contribution in [2.75, 3.05) is 19.0 Å². The fourth-order valence-electron chi connectivity index (χ4n) is 5.28. The highest BCUT2D eigenvalue weighted by Gasteiger charge is 2.31. The molecule has 1 atom stereocenters. The first-order valence-corrected chi connectivity index (χ1v) is 12.7. The number of aryl methyl sites for hydroxylation is 1. The van der Waals surface area contributed by atoms with Gasteiger partial charge >= 0.3 is 0 Å². The zero-order chi connectivity index (χ0) is 25.4. The van der Waals surface area contributed by atoms with Crippen molar-refractivity contribution in [3.8, 4) is 28.4 Å². The lowest BCUT2D eigenvalue weighted by Gasteiger charge is -2.19. The standard InChI is InChI=1S/C29H29FN6O/c1-3-15-31-29-32-16-13-23(33-29)28-26(19-7-9-21(30)10-8-19)34-25-12-11-22(36(25)28)18-35-17-14-20-5-4-6-24(37-2)27(20)35/h4-10,13-14,16-17,22H,3,11-12,15,18H2,1-2H3,(H,31,32,33). The second kappa shape index (κ2) is 9.69. The van der Waals surface area contributed by atoms with Crippen LogP contribution in [0.1, 0.15) is 31.6 Å². The Morgan fingerprint density at radius 1 is 1.08 bits per heavy atom. The molecule has 4 heterocycles. The molecule has 0 saturated heterocycles. The highest BCUT2D eigenvalue weighted by Crippen LogP contribution is 2.40. The molecule has 0 saturated carbocycles. The Hall–Kier alpha value is -4.20. The normalized spacial score (nSPS) is 14.7. The van der Waals surface area contributed by atoms with Crippen molar-refractivity contribution in [2.24, 2.45) is 0 Å². The average molecular weight is 497 g/mol. The first kappa shape index (κ1) is 23.2. The van der Waals surface area contributed by atoms with Gasteiger partial charge in [-0.15, -0.1) is 0 Å². The number of ether oxygens (including phenoxy) is 1. The van der Waals surface area contributed by atoms with E-state index in [4.69, 9.17) is 14.7 Å². The molecule has 37 heavy (non-hydrogen) atoms. The van der Waals surface area contributed by atoms with Gasteiger partial charge in [-0.25, -0.2) is 19.3 Å². The van der Waals surface area contributed by atoms with E-state index >= 15 is 0 Å². The lowest BCUT2D eigenvalue weighted by Crippen LogP contribution is -2.14. The number of hydrogen-bond donors (Lipinski definition) is 1. The quantitative estimate of drug-likeness (QED) is 0.280. The van der Waals surface area contributed by atoms with E-state index in [1.807, 2.05) is 18.2 Å². The number of halogens is 1. The molecule has 0 aliphatic carbocycles. The Kier molecular flexibility index (Phi) is 6.08. The van der Waals surface area contributed by atoms with Crippen LogP contribution in [0.4, 0.5) is 10.3 Å². The van der Waals surface area contributed by atoms with Gasteiger partial charge in [-0.3, -0.25) is 0 Å². The van der Waals surface area contributed by atoms with Gasteiger partial charge in [0, 0.05) is 42.9 Å². The molecule has 1 aliphatic rings. The molecule has 7 nitrogen and oxygen atoms in total. The molecule has 3 aromatic heterocycles. The molecule has 1 unspecified atom stereocenters. The molecule has 0 fully saturated rings. The summed E-state index contributed by atoms with van der Waals surface area (Å²) in [5, 5.41) is 4.44. The van der Waals surface area contributed by atoms with E-state index < -0.39 is 0 Å². The predicted molar refractivity (Wildman–Crippen MR) is 143 cm³/mol. The summed E-state index contributed by atoms with van der Waals surface area (Å²) in [6, 6.07) is 16.9. The molecule has 8 heteroatoms. The number of fused-ring (bicyclic) bond motifs is 2. The van der Waals surface area contributed by atoms with Crippen molar-refractivity contribution in [2.45, 2.75) is 38.8 Å². The number of benzene rings is 2. The number of para-hydroxylation sites is 1. The topological polar surface area (TPSA) is 69.8 Å². The number of hydrogen-bond acceptors (Lipinski definition) is 5. The SMILES string of the molecule is CCCNc1nccc(-c2c(-c3ccc(F)cc3)nc3n2C(Cn2ccc4cccc(OC)c42)CC3)n1. The van der Waals surface area contributed by atoms with E-state index in [-0.39, 0.29) is 11.9 Å². The smallest absolute Gasteiger partial charge is 0.223 e. The van der Waals surface area contributed by atoms with Gasteiger partial charge in [-0.1, -0.05) is 19.1 Å². The van der Waals surface area contributed by atoms with E-state index in [2.05, 4.69) is 44.7 Å². The molecule has 5 aromatic rings. The third-order valence-electron chi connectivity index (χ3n) is 6.98. The van der Waals surface area contributed by atoms with Crippen LogP contribution in [0, 0.1) is 5.82 Å². The Labute approximate surface area is 215 Å². The molecule has 6 rings (SSSR count). The minimum Gasteiger partial charge on any atom is -0.495 e. The maximum Gasteiger partial charge on any atom is 0.223 e. The number of imidazole rings is 1. The maximum atomic E-state index is 13.8.